The van der Waals surface area contributed by atoms with Crippen LogP contribution in [0.25, 0.3) is 0 Å². The van der Waals surface area contributed by atoms with Gasteiger partial charge in [0.25, 0.3) is 0 Å². The summed E-state index contributed by atoms with van der Waals surface area (Å²) in [4.78, 5) is 15.2. The van der Waals surface area contributed by atoms with E-state index in [2.05, 4.69) is 4.98 Å². The number of aliphatic hydroxyl groups excluding tert-OH is 2. The fraction of sp³-hybridized carbons (Fsp3) is 0.455. The number of nitrogens with zero attached hydrogens (tertiary/aromatic N) is 2. The van der Waals surface area contributed by atoms with Crippen LogP contribution in [-0.4, -0.2) is 49.3 Å². The molecule has 0 spiro atoms. The molecule has 1 saturated heterocycles. The zero-order chi connectivity index (χ0) is 15.1. The van der Waals surface area contributed by atoms with E-state index in [9.17, 15) is 15.0 Å². The van der Waals surface area contributed by atoms with Gasteiger partial charge in [-0.15, -0.1) is 6.42 Å². The third-order valence-corrected chi connectivity index (χ3v) is 3.37. The monoisotopic (exact) mass is 301 g/mol. The highest BCUT2D eigenvalue weighted by molar-refractivity contribution is 6.32. The van der Waals surface area contributed by atoms with Crippen molar-refractivity contribution < 1.29 is 20.1 Å². The van der Waals surface area contributed by atoms with Gasteiger partial charge in [-0.2, -0.15) is 4.98 Å². The second-order valence-electron chi connectivity index (χ2n) is 4.29. The van der Waals surface area contributed by atoms with Crippen molar-refractivity contribution in [3.05, 3.63) is 21.7 Å². The summed E-state index contributed by atoms with van der Waals surface area (Å²) in [6.45, 7) is -0.591. The Balaban J connectivity index is 2.55. The van der Waals surface area contributed by atoms with Crippen molar-refractivity contribution in [2.45, 2.75) is 24.0 Å². The minimum absolute atomic E-state index is 0.0468. The van der Waals surface area contributed by atoms with Gasteiger partial charge in [0.05, 0.1) is 11.6 Å². The maximum absolute atomic E-state index is 11.8. The van der Waals surface area contributed by atoms with E-state index in [1.54, 1.807) is 0 Å². The van der Waals surface area contributed by atoms with Gasteiger partial charge in [-0.25, -0.2) is 4.79 Å². The molecule has 1 unspecified atom stereocenters. The van der Waals surface area contributed by atoms with E-state index in [1.165, 1.54) is 0 Å². The summed E-state index contributed by atoms with van der Waals surface area (Å²) in [5.74, 6) is 1.79. The molecule has 1 aromatic rings. The van der Waals surface area contributed by atoms with Gasteiger partial charge in [0.1, 0.15) is 18.0 Å². The predicted octanol–water partition coefficient (Wildman–Crippen LogP) is -1.91. The number of aliphatic hydroxyl groups is 3. The van der Waals surface area contributed by atoms with Crippen LogP contribution in [0.2, 0.25) is 5.02 Å². The topological polar surface area (TPSA) is 131 Å². The molecule has 0 aliphatic carbocycles. The Morgan fingerprint density at radius 2 is 2.35 bits per heavy atom. The Bertz CT molecular complexity index is 627. The minimum atomic E-state index is -2.21. The molecule has 0 radical (unpaired) electrons. The Morgan fingerprint density at radius 1 is 1.70 bits per heavy atom. The normalized spacial score (nSPS) is 33.0. The van der Waals surface area contributed by atoms with Crippen molar-refractivity contribution in [1.82, 2.24) is 9.55 Å². The van der Waals surface area contributed by atoms with E-state index >= 15 is 0 Å². The number of rotatable bonds is 2. The van der Waals surface area contributed by atoms with E-state index < -0.39 is 36.3 Å². The Hall–Kier alpha value is -1.63. The molecule has 0 aromatic carbocycles. The van der Waals surface area contributed by atoms with E-state index in [0.717, 1.165) is 10.8 Å². The molecule has 0 amide bonds. The fourth-order valence-corrected chi connectivity index (χ4v) is 2.12. The van der Waals surface area contributed by atoms with Gasteiger partial charge < -0.3 is 25.8 Å². The Kier molecular flexibility index (Phi) is 3.73. The van der Waals surface area contributed by atoms with E-state index in [-0.39, 0.29) is 10.8 Å². The average Bonchev–Trinajstić information content (AvgIpc) is 2.67. The van der Waals surface area contributed by atoms with Crippen molar-refractivity contribution >= 4 is 17.4 Å². The molecule has 9 heteroatoms. The Labute approximate surface area is 118 Å². The number of hydrogen-bond acceptors (Lipinski definition) is 7. The van der Waals surface area contributed by atoms with Gasteiger partial charge >= 0.3 is 5.69 Å². The smallest absolute Gasteiger partial charge is 0.351 e. The quantitative estimate of drug-likeness (QED) is 0.469. The van der Waals surface area contributed by atoms with E-state index in [0.29, 0.717) is 0 Å². The first kappa shape index (κ1) is 14.8. The van der Waals surface area contributed by atoms with Crippen LogP contribution in [-0.2, 0) is 4.74 Å². The number of terminal acetylenes is 1. The summed E-state index contributed by atoms with van der Waals surface area (Å²) in [6, 6.07) is 0. The first-order valence-corrected chi connectivity index (χ1v) is 5.91. The van der Waals surface area contributed by atoms with Gasteiger partial charge in [0.15, 0.2) is 11.8 Å². The molecule has 1 aliphatic rings. The zero-order valence-electron chi connectivity index (χ0n) is 10.1. The van der Waals surface area contributed by atoms with Crippen LogP contribution in [0, 0.1) is 12.3 Å². The molecule has 2 heterocycles. The molecule has 20 heavy (non-hydrogen) atoms. The van der Waals surface area contributed by atoms with Crippen LogP contribution in [0.15, 0.2) is 11.0 Å². The van der Waals surface area contributed by atoms with Crippen LogP contribution in [0.4, 0.5) is 5.82 Å². The van der Waals surface area contributed by atoms with Crippen LogP contribution in [0.5, 0.6) is 0 Å². The third kappa shape index (κ3) is 2.06. The number of ether oxygens (including phenoxy) is 1. The van der Waals surface area contributed by atoms with Gasteiger partial charge in [0, 0.05) is 6.20 Å². The van der Waals surface area contributed by atoms with E-state index in [4.69, 9.17) is 33.6 Å². The lowest BCUT2D eigenvalue weighted by Crippen LogP contribution is -2.47. The van der Waals surface area contributed by atoms with Crippen molar-refractivity contribution in [1.29, 1.82) is 0 Å². The van der Waals surface area contributed by atoms with Crippen molar-refractivity contribution in [3.63, 3.8) is 0 Å². The highest BCUT2D eigenvalue weighted by atomic mass is 35.5. The largest absolute Gasteiger partial charge is 0.394 e. The molecule has 1 aromatic heterocycles. The SMILES string of the molecule is C#C[C@]1(O)C(n2cc(Cl)c(N)nc2=O)O[C@H](CO)[C@H]1O. The van der Waals surface area contributed by atoms with Gasteiger partial charge in [0.2, 0.25) is 0 Å². The number of anilines is 1. The third-order valence-electron chi connectivity index (χ3n) is 3.08. The predicted molar refractivity (Wildman–Crippen MR) is 68.7 cm³/mol. The molecule has 8 nitrogen and oxygen atoms in total. The lowest BCUT2D eigenvalue weighted by Gasteiger charge is -2.26. The summed E-state index contributed by atoms with van der Waals surface area (Å²) >= 11 is 5.76. The van der Waals surface area contributed by atoms with Crippen LogP contribution in [0.3, 0.4) is 0 Å². The Morgan fingerprint density at radius 3 is 2.90 bits per heavy atom. The molecule has 108 valence electrons. The molecule has 5 N–H and O–H groups in total. The lowest BCUT2D eigenvalue weighted by atomic mass is 9.95. The fourth-order valence-electron chi connectivity index (χ4n) is 1.98. The second-order valence-corrected chi connectivity index (χ2v) is 4.70. The number of halogens is 1. The van der Waals surface area contributed by atoms with Crippen molar-refractivity contribution in [2.24, 2.45) is 0 Å². The molecular weight excluding hydrogens is 290 g/mol. The summed E-state index contributed by atoms with van der Waals surface area (Å²) < 4.78 is 6.04. The number of hydrogen-bond donors (Lipinski definition) is 4. The number of nitrogens with two attached hydrogens (primary N) is 1. The zero-order valence-corrected chi connectivity index (χ0v) is 10.9. The first-order chi connectivity index (χ1) is 9.35. The standard InChI is InChI=1S/C11H12ClN3O5/c1-2-11(19)7(17)6(4-16)20-9(11)15-3-5(12)8(13)14-10(15)18/h1,3,6-7,9,16-17,19H,4H2,(H2,13,14,18)/t6-,7-,9?,11-/m1/s1. The van der Waals surface area contributed by atoms with Crippen LogP contribution < -0.4 is 11.4 Å². The van der Waals surface area contributed by atoms with Gasteiger partial charge in [-0.05, 0) is 0 Å². The molecule has 2 rings (SSSR count). The van der Waals surface area contributed by atoms with Gasteiger partial charge in [-0.3, -0.25) is 4.57 Å². The summed E-state index contributed by atoms with van der Waals surface area (Å²) in [7, 11) is 0. The molecular formula is C11H12ClN3O5. The molecule has 1 fully saturated rings. The molecule has 4 atom stereocenters. The highest BCUT2D eigenvalue weighted by Crippen LogP contribution is 2.37. The summed E-state index contributed by atoms with van der Waals surface area (Å²) in [6.07, 6.45) is 2.12. The minimum Gasteiger partial charge on any atom is -0.394 e. The first-order valence-electron chi connectivity index (χ1n) is 5.53. The van der Waals surface area contributed by atoms with Gasteiger partial charge in [-0.1, -0.05) is 17.5 Å². The molecule has 1 aliphatic heterocycles. The molecule has 0 saturated carbocycles. The average molecular weight is 302 g/mol. The molecule has 0 bridgehead atoms. The lowest BCUT2D eigenvalue weighted by molar-refractivity contribution is -0.0763. The number of nitrogen functional groups attached to an aromatic ring is 1. The van der Waals surface area contributed by atoms with Crippen molar-refractivity contribution in [3.8, 4) is 12.3 Å². The highest BCUT2D eigenvalue weighted by Gasteiger charge is 2.55. The van der Waals surface area contributed by atoms with Crippen LogP contribution in [0.1, 0.15) is 6.23 Å². The number of aromatic nitrogens is 2. The summed E-state index contributed by atoms with van der Waals surface area (Å²) in [5, 5.41) is 29.2. The van der Waals surface area contributed by atoms with Crippen molar-refractivity contribution in [2.75, 3.05) is 12.3 Å². The second kappa shape index (κ2) is 5.05. The van der Waals surface area contributed by atoms with Crippen LogP contribution >= 0.6 is 11.6 Å². The maximum Gasteiger partial charge on any atom is 0.351 e. The summed E-state index contributed by atoms with van der Waals surface area (Å²) in [5.41, 5.74) is 2.31. The maximum atomic E-state index is 11.8. The van der Waals surface area contributed by atoms with E-state index in [1.807, 2.05) is 5.92 Å².